The maximum Gasteiger partial charge on any atom is 0.0983 e. The van der Waals surface area contributed by atoms with Crippen LogP contribution < -0.4 is 0 Å². The summed E-state index contributed by atoms with van der Waals surface area (Å²) < 4.78 is 2.28. The molecule has 0 bridgehead atoms. The molecule has 0 aliphatic carbocycles. The average molecular weight is 216 g/mol. The number of thiophene rings is 1. The first-order chi connectivity index (χ1) is 7.34. The van der Waals surface area contributed by atoms with Crippen LogP contribution in [0.5, 0.6) is 0 Å². The second kappa shape index (κ2) is 3.35. The minimum absolute atomic E-state index is 0.897. The molecule has 2 aromatic rings. The van der Waals surface area contributed by atoms with Crippen LogP contribution >= 0.6 is 11.3 Å². The van der Waals surface area contributed by atoms with E-state index >= 15 is 0 Å². The summed E-state index contributed by atoms with van der Waals surface area (Å²) in [7, 11) is 0. The lowest BCUT2D eigenvalue weighted by atomic mass is 10.2. The highest BCUT2D eigenvalue weighted by atomic mass is 32.1. The molecule has 0 amide bonds. The molecule has 76 valence electrons. The van der Waals surface area contributed by atoms with E-state index in [0.717, 1.165) is 18.8 Å². The van der Waals surface area contributed by atoms with Gasteiger partial charge in [0.15, 0.2) is 0 Å². The summed E-state index contributed by atoms with van der Waals surface area (Å²) in [6.45, 7) is 4.03. The maximum atomic E-state index is 4.63. The fraction of sp³-hybridized carbons (Fsp3) is 0.250. The molecule has 0 radical (unpaired) electrons. The Labute approximate surface area is 92.9 Å². The molecule has 0 spiro atoms. The lowest BCUT2D eigenvalue weighted by Crippen LogP contribution is -2.17. The first-order valence-electron chi connectivity index (χ1n) is 5.10. The Morgan fingerprint density at radius 1 is 1.47 bits per heavy atom. The van der Waals surface area contributed by atoms with Crippen LogP contribution in [-0.2, 0) is 6.54 Å². The lowest BCUT2D eigenvalue weighted by Gasteiger charge is -2.14. The van der Waals surface area contributed by atoms with Gasteiger partial charge in [0.05, 0.1) is 22.8 Å². The minimum atomic E-state index is 0.897. The van der Waals surface area contributed by atoms with Crippen molar-refractivity contribution in [3.8, 4) is 0 Å². The van der Waals surface area contributed by atoms with E-state index in [0.29, 0.717) is 0 Å². The van der Waals surface area contributed by atoms with Gasteiger partial charge in [-0.1, -0.05) is 0 Å². The zero-order valence-corrected chi connectivity index (χ0v) is 9.42. The van der Waals surface area contributed by atoms with Crippen LogP contribution in [0.25, 0.3) is 0 Å². The fourth-order valence-electron chi connectivity index (χ4n) is 1.93. The van der Waals surface area contributed by atoms with Gasteiger partial charge in [0.1, 0.15) is 0 Å². The van der Waals surface area contributed by atoms with E-state index in [9.17, 15) is 0 Å². The number of hydrogen-bond acceptors (Lipinski definition) is 2. The summed E-state index contributed by atoms with van der Waals surface area (Å²) in [6, 6.07) is 6.45. The molecule has 0 saturated heterocycles. The summed E-state index contributed by atoms with van der Waals surface area (Å²) >= 11 is 1.78. The van der Waals surface area contributed by atoms with Crippen molar-refractivity contribution in [2.75, 3.05) is 6.54 Å². The molecule has 2 aromatic heterocycles. The van der Waals surface area contributed by atoms with Crippen LogP contribution in [0.3, 0.4) is 0 Å². The Bertz CT molecular complexity index is 519. The van der Waals surface area contributed by atoms with Crippen molar-refractivity contribution in [1.82, 2.24) is 4.57 Å². The molecule has 3 heterocycles. The molecule has 0 fully saturated rings. The van der Waals surface area contributed by atoms with Crippen molar-refractivity contribution in [2.45, 2.75) is 13.5 Å². The van der Waals surface area contributed by atoms with Crippen molar-refractivity contribution in [3.63, 3.8) is 0 Å². The number of rotatable bonds is 1. The Morgan fingerprint density at radius 2 is 2.40 bits per heavy atom. The van der Waals surface area contributed by atoms with Gasteiger partial charge in [-0.15, -0.1) is 11.3 Å². The number of nitrogens with zero attached hydrogens (tertiary/aromatic N) is 2. The third-order valence-corrected chi connectivity index (χ3v) is 3.70. The fourth-order valence-corrected chi connectivity index (χ4v) is 2.85. The molecule has 0 N–H and O–H groups in total. The monoisotopic (exact) mass is 216 g/mol. The zero-order chi connectivity index (χ0) is 10.3. The first kappa shape index (κ1) is 8.92. The van der Waals surface area contributed by atoms with Crippen molar-refractivity contribution in [3.05, 3.63) is 45.9 Å². The number of fused-ring (bicyclic) bond motifs is 1. The lowest BCUT2D eigenvalue weighted by molar-refractivity contribution is 0.691. The highest BCUT2D eigenvalue weighted by molar-refractivity contribution is 7.12. The van der Waals surface area contributed by atoms with E-state index in [4.69, 9.17) is 0 Å². The third kappa shape index (κ3) is 1.43. The van der Waals surface area contributed by atoms with Gasteiger partial charge in [-0.05, 0) is 36.1 Å². The number of hydrogen-bond donors (Lipinski definition) is 0. The van der Waals surface area contributed by atoms with E-state index in [2.05, 4.69) is 46.3 Å². The molecule has 3 rings (SSSR count). The smallest absolute Gasteiger partial charge is 0.0983 e. The van der Waals surface area contributed by atoms with Gasteiger partial charge in [-0.3, -0.25) is 4.99 Å². The number of aromatic nitrogens is 1. The van der Waals surface area contributed by atoms with Gasteiger partial charge < -0.3 is 4.57 Å². The first-order valence-corrected chi connectivity index (χ1v) is 5.98. The van der Waals surface area contributed by atoms with Crippen molar-refractivity contribution in [1.29, 1.82) is 0 Å². The molecule has 1 aliphatic heterocycles. The highest BCUT2D eigenvalue weighted by Crippen LogP contribution is 2.21. The van der Waals surface area contributed by atoms with E-state index in [1.807, 2.05) is 0 Å². The normalized spacial score (nSPS) is 14.9. The molecule has 0 aromatic carbocycles. The van der Waals surface area contributed by atoms with E-state index in [1.165, 1.54) is 16.1 Å². The topological polar surface area (TPSA) is 17.3 Å². The molecule has 0 atom stereocenters. The van der Waals surface area contributed by atoms with E-state index < -0.39 is 0 Å². The Balaban J connectivity index is 2.11. The molecule has 0 saturated carbocycles. The van der Waals surface area contributed by atoms with Gasteiger partial charge in [0.2, 0.25) is 0 Å². The largest absolute Gasteiger partial charge is 0.344 e. The van der Waals surface area contributed by atoms with Crippen molar-refractivity contribution < 1.29 is 0 Å². The van der Waals surface area contributed by atoms with Crippen molar-refractivity contribution in [2.24, 2.45) is 4.99 Å². The summed E-state index contributed by atoms with van der Waals surface area (Å²) in [5.74, 6) is 0. The Morgan fingerprint density at radius 3 is 3.20 bits per heavy atom. The molecule has 3 heteroatoms. The van der Waals surface area contributed by atoms with Crippen LogP contribution in [-0.4, -0.2) is 16.8 Å². The SMILES string of the molecule is Cc1csc(C2=NCCn3cccc32)c1. The van der Waals surface area contributed by atoms with Crippen molar-refractivity contribution >= 4 is 17.0 Å². The molecule has 1 aliphatic rings. The third-order valence-electron chi connectivity index (χ3n) is 2.65. The van der Waals surface area contributed by atoms with Crippen LogP contribution in [0, 0.1) is 6.92 Å². The molecular formula is C12H12N2S. The van der Waals surface area contributed by atoms with Gasteiger partial charge in [-0.25, -0.2) is 0 Å². The predicted octanol–water partition coefficient (Wildman–Crippen LogP) is 2.71. The second-order valence-corrected chi connectivity index (χ2v) is 4.72. The van der Waals surface area contributed by atoms with Gasteiger partial charge in [-0.2, -0.15) is 0 Å². The maximum absolute atomic E-state index is 4.63. The Kier molecular flexibility index (Phi) is 1.99. The molecule has 15 heavy (non-hydrogen) atoms. The summed E-state index contributed by atoms with van der Waals surface area (Å²) in [6.07, 6.45) is 2.13. The van der Waals surface area contributed by atoms with Crippen LogP contribution in [0.15, 0.2) is 34.8 Å². The van der Waals surface area contributed by atoms with Crippen LogP contribution in [0.4, 0.5) is 0 Å². The van der Waals surface area contributed by atoms with Gasteiger partial charge in [0, 0.05) is 12.7 Å². The summed E-state index contributed by atoms with van der Waals surface area (Å²) in [5, 5.41) is 2.18. The Hall–Kier alpha value is -1.35. The summed E-state index contributed by atoms with van der Waals surface area (Å²) in [4.78, 5) is 5.92. The van der Waals surface area contributed by atoms with Gasteiger partial charge >= 0.3 is 0 Å². The second-order valence-electron chi connectivity index (χ2n) is 3.81. The van der Waals surface area contributed by atoms with Crippen LogP contribution in [0.2, 0.25) is 0 Å². The zero-order valence-electron chi connectivity index (χ0n) is 8.60. The van der Waals surface area contributed by atoms with E-state index in [1.54, 1.807) is 11.3 Å². The molecular weight excluding hydrogens is 204 g/mol. The van der Waals surface area contributed by atoms with Crippen LogP contribution in [0.1, 0.15) is 16.1 Å². The predicted molar refractivity (Wildman–Crippen MR) is 64.0 cm³/mol. The summed E-state index contributed by atoms with van der Waals surface area (Å²) in [5.41, 5.74) is 3.73. The average Bonchev–Trinajstić information content (AvgIpc) is 2.84. The molecule has 0 unspecified atom stereocenters. The molecule has 2 nitrogen and oxygen atoms in total. The van der Waals surface area contributed by atoms with E-state index in [-0.39, 0.29) is 0 Å². The number of aliphatic imine (C=N–C) groups is 1. The standard InChI is InChI=1S/C12H12N2S/c1-9-7-11(15-8-9)12-10-3-2-5-14(10)6-4-13-12/h2-3,5,7-8H,4,6H2,1H3. The van der Waals surface area contributed by atoms with Gasteiger partial charge in [0.25, 0.3) is 0 Å². The quantitative estimate of drug-likeness (QED) is 0.697. The number of aryl methyl sites for hydroxylation is 1. The highest BCUT2D eigenvalue weighted by Gasteiger charge is 2.15. The minimum Gasteiger partial charge on any atom is -0.344 e.